The zero-order valence-corrected chi connectivity index (χ0v) is 20.4. The van der Waals surface area contributed by atoms with Gasteiger partial charge in [0.15, 0.2) is 0 Å². The summed E-state index contributed by atoms with van der Waals surface area (Å²) in [5, 5.41) is 0. The van der Waals surface area contributed by atoms with Gasteiger partial charge in [0.25, 0.3) is 0 Å². The van der Waals surface area contributed by atoms with Crippen LogP contribution in [0.2, 0.25) is 0 Å². The second-order valence-corrected chi connectivity index (χ2v) is 16.5. The van der Waals surface area contributed by atoms with Gasteiger partial charge in [0.05, 0.1) is 0 Å². The molecule has 0 aromatic heterocycles. The summed E-state index contributed by atoms with van der Waals surface area (Å²) >= 11 is -3.12. The average Bonchev–Trinajstić information content (AvgIpc) is 2.40. The Kier molecular flexibility index (Phi) is 11.5. The van der Waals surface area contributed by atoms with E-state index in [0.29, 0.717) is 24.2 Å². The molecule has 0 rings (SSSR count). The third-order valence-electron chi connectivity index (χ3n) is 3.75. The first kappa shape index (κ1) is 23.5. The van der Waals surface area contributed by atoms with E-state index in [1.165, 1.54) is 12.8 Å². The van der Waals surface area contributed by atoms with Gasteiger partial charge in [-0.3, -0.25) is 0 Å². The van der Waals surface area contributed by atoms with Crippen molar-refractivity contribution < 1.29 is 17.1 Å². The molecule has 4 nitrogen and oxygen atoms in total. The average molecular weight is 500 g/mol. The van der Waals surface area contributed by atoms with Crippen LogP contribution in [-0.4, -0.2) is 44.2 Å². The summed E-state index contributed by atoms with van der Waals surface area (Å²) in [4.78, 5) is 0. The number of hydrogen-bond acceptors (Lipinski definition) is 4. The van der Waals surface area contributed by atoms with Crippen LogP contribution in [0, 0.1) is 0 Å². The van der Waals surface area contributed by atoms with Crippen LogP contribution in [0.4, 0.5) is 0 Å². The molecule has 5 heteroatoms. The van der Waals surface area contributed by atoms with Gasteiger partial charge in [-0.15, -0.1) is 0 Å². The fourth-order valence-corrected chi connectivity index (χ4v) is 18.9. The van der Waals surface area contributed by atoms with E-state index in [4.69, 9.17) is 0 Å². The Morgan fingerprint density at radius 2 is 0.870 bits per heavy atom. The summed E-state index contributed by atoms with van der Waals surface area (Å²) in [6, 6.07) is 2.16. The molecular weight excluding hydrogens is 456 g/mol. The molecule has 0 radical (unpaired) electrons. The molecule has 23 heavy (non-hydrogen) atoms. The zero-order valence-electron chi connectivity index (χ0n) is 17.4. The zero-order chi connectivity index (χ0) is 18.2. The molecule has 0 bridgehead atoms. The standard InChI is InChI=1S/2C6H14N.2C3H8N.W/c2*1-5(2)7-6(3)4;2*1-2-3-4;/h2*5-6H,1-4H3;2*4H,2-3H2,1H3;/q4*-1;+4. The Bertz CT molecular complexity index is 259. The molecule has 0 atom stereocenters. The molecule has 0 unspecified atom stereocenters. The van der Waals surface area contributed by atoms with Crippen molar-refractivity contribution in [2.45, 2.75) is 106 Å². The van der Waals surface area contributed by atoms with Gasteiger partial charge in [-0.2, -0.15) is 0 Å². The van der Waals surface area contributed by atoms with Gasteiger partial charge in [0.2, 0.25) is 0 Å². The topological polar surface area (TPSA) is 30.5 Å². The van der Waals surface area contributed by atoms with Gasteiger partial charge in [0.1, 0.15) is 0 Å². The Labute approximate surface area is 151 Å². The number of hydrogen-bond donors (Lipinski definition) is 2. The predicted octanol–water partition coefficient (Wildman–Crippen LogP) is 4.04. The molecule has 0 aliphatic heterocycles. The first-order valence-electron chi connectivity index (χ1n) is 9.55. The van der Waals surface area contributed by atoms with Crippen LogP contribution >= 0.6 is 0 Å². The molecule has 0 spiro atoms. The van der Waals surface area contributed by atoms with Crippen molar-refractivity contribution in [1.29, 1.82) is 0 Å². The van der Waals surface area contributed by atoms with E-state index in [1.54, 1.807) is 0 Å². The molecule has 0 aromatic rings. The first-order chi connectivity index (χ1) is 10.7. The minimum atomic E-state index is -3.12. The monoisotopic (exact) mass is 500 g/mol. The summed E-state index contributed by atoms with van der Waals surface area (Å²) in [5.74, 6) is 0. The molecule has 142 valence electrons. The van der Waals surface area contributed by atoms with Gasteiger partial charge in [0, 0.05) is 0 Å². The van der Waals surface area contributed by atoms with Crippen LogP contribution in [0.1, 0.15) is 82.1 Å². The van der Waals surface area contributed by atoms with Crippen molar-refractivity contribution in [2.24, 2.45) is 0 Å². The Morgan fingerprint density at radius 1 is 0.609 bits per heavy atom. The Hall–Kier alpha value is 0.528. The second kappa shape index (κ2) is 11.2. The summed E-state index contributed by atoms with van der Waals surface area (Å²) in [6.07, 6.45) is 2.36. The van der Waals surface area contributed by atoms with Crippen LogP contribution in [0.25, 0.3) is 0 Å². The van der Waals surface area contributed by atoms with E-state index in [9.17, 15) is 0 Å². The van der Waals surface area contributed by atoms with Gasteiger partial charge in [-0.25, -0.2) is 0 Å². The molecule has 0 saturated heterocycles. The van der Waals surface area contributed by atoms with Crippen molar-refractivity contribution in [2.75, 3.05) is 13.1 Å². The molecule has 0 aliphatic rings. The molecule has 0 aliphatic carbocycles. The number of rotatable bonds is 12. The Balaban J connectivity index is 6.09. The van der Waals surface area contributed by atoms with Crippen LogP contribution in [0.5, 0.6) is 0 Å². The maximum atomic E-state index is 4.09. The van der Waals surface area contributed by atoms with Crippen molar-refractivity contribution in [3.05, 3.63) is 0 Å². The third kappa shape index (κ3) is 6.40. The second-order valence-electron chi connectivity index (χ2n) is 7.43. The molecule has 0 fully saturated rings. The fraction of sp³-hybridized carbons (Fsp3) is 1.00. The normalized spacial score (nSPS) is 14.3. The van der Waals surface area contributed by atoms with Gasteiger partial charge in [-0.1, -0.05) is 0 Å². The molecule has 0 aromatic carbocycles. The molecule has 2 N–H and O–H groups in total. The van der Waals surface area contributed by atoms with E-state index in [0.717, 1.165) is 13.1 Å². The minimum absolute atomic E-state index is 0.540. The van der Waals surface area contributed by atoms with Crippen LogP contribution in [0.15, 0.2) is 0 Å². The van der Waals surface area contributed by atoms with E-state index < -0.39 is 17.1 Å². The molecule has 0 heterocycles. The Morgan fingerprint density at radius 3 is 1.04 bits per heavy atom. The van der Waals surface area contributed by atoms with Crippen molar-refractivity contribution in [3.63, 3.8) is 0 Å². The molecule has 0 amide bonds. The van der Waals surface area contributed by atoms with Crippen LogP contribution in [0.3, 0.4) is 0 Å². The van der Waals surface area contributed by atoms with Crippen molar-refractivity contribution >= 4 is 0 Å². The van der Waals surface area contributed by atoms with E-state index in [1.807, 2.05) is 0 Å². The SMILES string of the molecule is CCC[NH][W]([NH]CCC)([N](C(C)C)C(C)C)[N](C(C)C)C(C)C. The quantitative estimate of drug-likeness (QED) is 0.424. The number of nitrogens with one attached hydrogen (secondary N) is 2. The summed E-state index contributed by atoms with van der Waals surface area (Å²) in [7, 11) is 0. The first-order valence-corrected chi connectivity index (χ1v) is 15.1. The van der Waals surface area contributed by atoms with Gasteiger partial charge in [-0.05, 0) is 0 Å². The van der Waals surface area contributed by atoms with Crippen molar-refractivity contribution in [3.8, 4) is 0 Å². The molecule has 0 saturated carbocycles. The van der Waals surface area contributed by atoms with Crippen molar-refractivity contribution in [1.82, 2.24) is 14.7 Å². The summed E-state index contributed by atoms with van der Waals surface area (Å²) < 4.78 is 13.8. The van der Waals surface area contributed by atoms with Gasteiger partial charge < -0.3 is 0 Å². The third-order valence-corrected chi connectivity index (χ3v) is 18.6. The summed E-state index contributed by atoms with van der Waals surface area (Å²) in [5.41, 5.74) is 0. The van der Waals surface area contributed by atoms with E-state index >= 15 is 0 Å². The fourth-order valence-electron chi connectivity index (χ4n) is 3.36. The van der Waals surface area contributed by atoms with E-state index in [2.05, 4.69) is 83.9 Å². The maximum absolute atomic E-state index is 4.09. The van der Waals surface area contributed by atoms with Gasteiger partial charge >= 0.3 is 151 Å². The van der Waals surface area contributed by atoms with E-state index in [-0.39, 0.29) is 0 Å². The number of nitrogens with zero attached hydrogens (tertiary/aromatic N) is 2. The summed E-state index contributed by atoms with van der Waals surface area (Å²) in [6.45, 7) is 25.6. The molecular formula is C18H44N4W. The van der Waals surface area contributed by atoms with Crippen LogP contribution in [-0.2, 0) is 17.1 Å². The van der Waals surface area contributed by atoms with Crippen LogP contribution < -0.4 is 7.75 Å². The predicted molar refractivity (Wildman–Crippen MR) is 101 cm³/mol.